The van der Waals surface area contributed by atoms with E-state index in [0.29, 0.717) is 0 Å². The fourth-order valence-corrected chi connectivity index (χ4v) is 4.70. The summed E-state index contributed by atoms with van der Waals surface area (Å²) in [5, 5.41) is 3.56. The number of benzene rings is 1. The standard InChI is InChI=1S/C14H18N2S/c1-3-10-11-9-15-6-5-12(11)16-7-2-8-17-13(4-1)14(10)16/h1,3-4,11-12,15H,2,5-9H2/t11-,12-/m1/s1. The lowest BCUT2D eigenvalue weighted by Gasteiger charge is -2.33. The van der Waals surface area contributed by atoms with Crippen molar-refractivity contribution in [2.45, 2.75) is 29.7 Å². The normalized spacial score (nSPS) is 30.7. The van der Waals surface area contributed by atoms with Crippen LogP contribution in [0.25, 0.3) is 0 Å². The molecule has 0 radical (unpaired) electrons. The van der Waals surface area contributed by atoms with Crippen molar-refractivity contribution in [1.29, 1.82) is 0 Å². The van der Waals surface area contributed by atoms with Gasteiger partial charge < -0.3 is 10.2 Å². The van der Waals surface area contributed by atoms with E-state index in [-0.39, 0.29) is 0 Å². The van der Waals surface area contributed by atoms with Gasteiger partial charge in [-0.15, -0.1) is 11.8 Å². The van der Waals surface area contributed by atoms with Gasteiger partial charge in [0.05, 0.1) is 5.69 Å². The molecular formula is C14H18N2S. The summed E-state index contributed by atoms with van der Waals surface area (Å²) < 4.78 is 0. The summed E-state index contributed by atoms with van der Waals surface area (Å²) >= 11 is 2.05. The Bertz CT molecular complexity index is 446. The van der Waals surface area contributed by atoms with Gasteiger partial charge in [0.1, 0.15) is 0 Å². The SMILES string of the molecule is c1cc2c3c(c1)[C@H]1CNCC[C@H]1N3CCCS2. The van der Waals surface area contributed by atoms with Crippen molar-refractivity contribution in [2.24, 2.45) is 0 Å². The number of para-hydroxylation sites is 1. The van der Waals surface area contributed by atoms with Crippen molar-refractivity contribution in [3.63, 3.8) is 0 Å². The number of hydrogen-bond donors (Lipinski definition) is 1. The number of hydrogen-bond acceptors (Lipinski definition) is 3. The van der Waals surface area contributed by atoms with Gasteiger partial charge in [-0.2, -0.15) is 0 Å². The van der Waals surface area contributed by atoms with E-state index in [0.717, 1.165) is 12.0 Å². The van der Waals surface area contributed by atoms with Crippen LogP contribution in [0.2, 0.25) is 0 Å². The number of anilines is 1. The Morgan fingerprint density at radius 3 is 3.35 bits per heavy atom. The molecule has 0 unspecified atom stereocenters. The van der Waals surface area contributed by atoms with E-state index in [4.69, 9.17) is 0 Å². The molecule has 1 aromatic carbocycles. The van der Waals surface area contributed by atoms with Crippen LogP contribution in [0.3, 0.4) is 0 Å². The fourth-order valence-electron chi connectivity index (χ4n) is 3.66. The monoisotopic (exact) mass is 246 g/mol. The Morgan fingerprint density at radius 1 is 1.35 bits per heavy atom. The molecule has 4 rings (SSSR count). The average Bonchev–Trinajstić information content (AvgIpc) is 2.56. The maximum atomic E-state index is 3.56. The second-order valence-corrected chi connectivity index (χ2v) is 6.39. The predicted octanol–water partition coefficient (Wildman–Crippen LogP) is 2.45. The lowest BCUT2D eigenvalue weighted by atomic mass is 9.90. The molecule has 0 saturated carbocycles. The topological polar surface area (TPSA) is 15.3 Å². The number of rotatable bonds is 0. The quantitative estimate of drug-likeness (QED) is 0.757. The van der Waals surface area contributed by atoms with Crippen molar-refractivity contribution in [1.82, 2.24) is 5.32 Å². The molecule has 17 heavy (non-hydrogen) atoms. The molecule has 1 fully saturated rings. The molecule has 0 amide bonds. The van der Waals surface area contributed by atoms with Gasteiger partial charge in [-0.25, -0.2) is 0 Å². The summed E-state index contributed by atoms with van der Waals surface area (Å²) in [5.74, 6) is 2.01. The van der Waals surface area contributed by atoms with E-state index in [9.17, 15) is 0 Å². The minimum Gasteiger partial charge on any atom is -0.367 e. The van der Waals surface area contributed by atoms with E-state index < -0.39 is 0 Å². The van der Waals surface area contributed by atoms with Crippen LogP contribution in [0.1, 0.15) is 24.3 Å². The third kappa shape index (κ3) is 1.45. The summed E-state index contributed by atoms with van der Waals surface area (Å²) in [5.41, 5.74) is 3.18. The van der Waals surface area contributed by atoms with Gasteiger partial charge >= 0.3 is 0 Å². The molecule has 1 saturated heterocycles. The van der Waals surface area contributed by atoms with Gasteiger partial charge in [-0.1, -0.05) is 12.1 Å². The Balaban J connectivity index is 1.87. The minimum absolute atomic E-state index is 0.734. The van der Waals surface area contributed by atoms with E-state index in [1.54, 1.807) is 11.3 Å². The van der Waals surface area contributed by atoms with Crippen LogP contribution in [0.4, 0.5) is 5.69 Å². The molecule has 0 aromatic heterocycles. The summed E-state index contributed by atoms with van der Waals surface area (Å²) in [6, 6.07) is 7.69. The van der Waals surface area contributed by atoms with Crippen molar-refractivity contribution < 1.29 is 0 Å². The van der Waals surface area contributed by atoms with Crippen LogP contribution in [0, 0.1) is 0 Å². The van der Waals surface area contributed by atoms with Crippen LogP contribution >= 0.6 is 11.8 Å². The highest BCUT2D eigenvalue weighted by Crippen LogP contribution is 2.49. The second-order valence-electron chi connectivity index (χ2n) is 5.26. The lowest BCUT2D eigenvalue weighted by Crippen LogP contribution is -2.44. The molecule has 0 spiro atoms. The molecule has 2 atom stereocenters. The Labute approximate surface area is 107 Å². The van der Waals surface area contributed by atoms with Gasteiger partial charge in [0.15, 0.2) is 0 Å². The second kappa shape index (κ2) is 3.92. The Hall–Kier alpha value is -0.670. The molecule has 1 N–H and O–H groups in total. The smallest absolute Gasteiger partial charge is 0.0543 e. The first-order valence-corrected chi connectivity index (χ1v) is 7.67. The fraction of sp³-hybridized carbons (Fsp3) is 0.571. The third-order valence-corrected chi connectivity index (χ3v) is 5.50. The molecule has 0 bridgehead atoms. The Kier molecular flexibility index (Phi) is 2.37. The molecule has 3 heteroatoms. The molecular weight excluding hydrogens is 228 g/mol. The minimum atomic E-state index is 0.734. The number of piperidine rings is 1. The van der Waals surface area contributed by atoms with Crippen LogP contribution < -0.4 is 10.2 Å². The van der Waals surface area contributed by atoms with Gasteiger partial charge in [-0.3, -0.25) is 0 Å². The zero-order chi connectivity index (χ0) is 11.2. The van der Waals surface area contributed by atoms with Crippen LogP contribution in [-0.4, -0.2) is 31.4 Å². The van der Waals surface area contributed by atoms with Crippen LogP contribution in [0.5, 0.6) is 0 Å². The molecule has 0 aliphatic carbocycles. The number of nitrogens with one attached hydrogen (secondary N) is 1. The number of fused-ring (bicyclic) bond motifs is 3. The largest absolute Gasteiger partial charge is 0.367 e. The highest BCUT2D eigenvalue weighted by molar-refractivity contribution is 7.99. The summed E-state index contributed by atoms with van der Waals surface area (Å²) in [7, 11) is 0. The van der Waals surface area contributed by atoms with Crippen molar-refractivity contribution in [3.05, 3.63) is 23.8 Å². The molecule has 3 heterocycles. The maximum Gasteiger partial charge on any atom is 0.0543 e. The van der Waals surface area contributed by atoms with E-state index in [1.165, 1.54) is 43.1 Å². The zero-order valence-electron chi connectivity index (χ0n) is 9.98. The summed E-state index contributed by atoms with van der Waals surface area (Å²) in [6.45, 7) is 3.62. The summed E-state index contributed by atoms with van der Waals surface area (Å²) in [4.78, 5) is 4.24. The summed E-state index contributed by atoms with van der Waals surface area (Å²) in [6.07, 6.45) is 2.64. The van der Waals surface area contributed by atoms with Gasteiger partial charge in [0, 0.05) is 29.9 Å². The maximum absolute atomic E-state index is 3.56. The highest BCUT2D eigenvalue weighted by atomic mass is 32.2. The van der Waals surface area contributed by atoms with Gasteiger partial charge in [-0.05, 0) is 36.8 Å². The van der Waals surface area contributed by atoms with Crippen molar-refractivity contribution >= 4 is 17.4 Å². The molecule has 3 aliphatic rings. The van der Waals surface area contributed by atoms with Crippen molar-refractivity contribution in [2.75, 3.05) is 30.3 Å². The van der Waals surface area contributed by atoms with Gasteiger partial charge in [0.25, 0.3) is 0 Å². The first-order chi connectivity index (χ1) is 8.45. The Morgan fingerprint density at radius 2 is 2.35 bits per heavy atom. The van der Waals surface area contributed by atoms with Gasteiger partial charge in [0.2, 0.25) is 0 Å². The molecule has 3 aliphatic heterocycles. The van der Waals surface area contributed by atoms with E-state index >= 15 is 0 Å². The zero-order valence-corrected chi connectivity index (χ0v) is 10.8. The highest BCUT2D eigenvalue weighted by Gasteiger charge is 2.41. The molecule has 90 valence electrons. The van der Waals surface area contributed by atoms with Crippen LogP contribution in [-0.2, 0) is 0 Å². The predicted molar refractivity (Wildman–Crippen MR) is 73.1 cm³/mol. The first kappa shape index (κ1) is 10.3. The average molecular weight is 246 g/mol. The van der Waals surface area contributed by atoms with E-state index in [2.05, 4.69) is 40.2 Å². The third-order valence-electron chi connectivity index (χ3n) is 4.36. The number of thioether (sulfide) groups is 1. The molecule has 2 nitrogen and oxygen atoms in total. The van der Waals surface area contributed by atoms with E-state index in [1.807, 2.05) is 0 Å². The molecule has 1 aromatic rings. The van der Waals surface area contributed by atoms with Crippen molar-refractivity contribution in [3.8, 4) is 0 Å². The van der Waals surface area contributed by atoms with Crippen LogP contribution in [0.15, 0.2) is 23.1 Å². The number of nitrogens with zero attached hydrogens (tertiary/aromatic N) is 1. The first-order valence-electron chi connectivity index (χ1n) is 6.68. The lowest BCUT2D eigenvalue weighted by molar-refractivity contribution is 0.403.